The molecule has 102 valence electrons. The molecule has 1 fully saturated rings. The van der Waals surface area contributed by atoms with Crippen LogP contribution >= 0.6 is 0 Å². The average Bonchev–Trinajstić information content (AvgIpc) is 2.35. The van der Waals surface area contributed by atoms with E-state index in [-0.39, 0.29) is 18.8 Å². The van der Waals surface area contributed by atoms with Gasteiger partial charge in [-0.1, -0.05) is 12.8 Å². The lowest BCUT2D eigenvalue weighted by Crippen LogP contribution is -2.35. The molecule has 3 unspecified atom stereocenters. The van der Waals surface area contributed by atoms with Crippen LogP contribution in [0.3, 0.4) is 0 Å². The van der Waals surface area contributed by atoms with E-state index in [1.807, 2.05) is 0 Å². The molecule has 0 radical (unpaired) electrons. The first kappa shape index (κ1) is 14.9. The molecule has 0 heterocycles. The fraction of sp³-hybridized carbons (Fsp3) is 1.00. The molecule has 0 aromatic carbocycles. The number of hydrogen-bond acceptors (Lipinski definition) is 4. The zero-order valence-corrected chi connectivity index (χ0v) is 10.8. The average molecular weight is 246 g/mol. The van der Waals surface area contributed by atoms with Crippen molar-refractivity contribution in [2.45, 2.75) is 50.7 Å². The topological polar surface area (TPSA) is 58.9 Å². The van der Waals surface area contributed by atoms with Crippen molar-refractivity contribution < 1.29 is 19.7 Å². The van der Waals surface area contributed by atoms with Gasteiger partial charge in [-0.3, -0.25) is 0 Å². The Kier molecular flexibility index (Phi) is 7.77. The van der Waals surface area contributed by atoms with Gasteiger partial charge >= 0.3 is 0 Å². The van der Waals surface area contributed by atoms with E-state index in [2.05, 4.69) is 0 Å². The van der Waals surface area contributed by atoms with Crippen molar-refractivity contribution in [1.29, 1.82) is 0 Å². The molecule has 0 saturated heterocycles. The molecule has 2 N–H and O–H groups in total. The van der Waals surface area contributed by atoms with Crippen molar-refractivity contribution in [3.63, 3.8) is 0 Å². The minimum absolute atomic E-state index is 0.0272. The molecule has 3 atom stereocenters. The van der Waals surface area contributed by atoms with Gasteiger partial charge in [0.2, 0.25) is 0 Å². The minimum atomic E-state index is -0.274. The Morgan fingerprint density at radius 1 is 1.18 bits per heavy atom. The van der Waals surface area contributed by atoms with Crippen molar-refractivity contribution in [3.05, 3.63) is 0 Å². The van der Waals surface area contributed by atoms with Gasteiger partial charge in [0.1, 0.15) is 0 Å². The van der Waals surface area contributed by atoms with Crippen LogP contribution in [-0.2, 0) is 9.47 Å². The second-order valence-corrected chi connectivity index (χ2v) is 4.85. The third-order valence-corrected chi connectivity index (χ3v) is 3.55. The highest BCUT2D eigenvalue weighted by atomic mass is 16.5. The van der Waals surface area contributed by atoms with Crippen LogP contribution in [0.4, 0.5) is 0 Å². The van der Waals surface area contributed by atoms with Crippen molar-refractivity contribution >= 4 is 0 Å². The van der Waals surface area contributed by atoms with Gasteiger partial charge in [0.25, 0.3) is 0 Å². The lowest BCUT2D eigenvalue weighted by atomic mass is 9.82. The predicted molar refractivity (Wildman–Crippen MR) is 65.9 cm³/mol. The zero-order chi connectivity index (χ0) is 12.5. The highest BCUT2D eigenvalue weighted by Crippen LogP contribution is 2.29. The molecule has 0 spiro atoms. The minimum Gasteiger partial charge on any atom is -0.394 e. The van der Waals surface area contributed by atoms with E-state index < -0.39 is 0 Å². The Bertz CT molecular complexity index is 186. The zero-order valence-electron chi connectivity index (χ0n) is 10.8. The van der Waals surface area contributed by atoms with Gasteiger partial charge in [-0.15, -0.1) is 0 Å². The standard InChI is InChI=1S/C13H26O4/c1-16-13-10-11(5-6-12(13)15)4-2-3-8-17-9-7-14/h11-15H,2-10H2,1H3. The number of hydrogen-bond donors (Lipinski definition) is 2. The van der Waals surface area contributed by atoms with Crippen molar-refractivity contribution in [2.75, 3.05) is 26.9 Å². The Balaban J connectivity index is 2.03. The van der Waals surface area contributed by atoms with Crippen LogP contribution in [0.15, 0.2) is 0 Å². The summed E-state index contributed by atoms with van der Waals surface area (Å²) in [7, 11) is 1.68. The second-order valence-electron chi connectivity index (χ2n) is 4.85. The number of methoxy groups -OCH3 is 1. The highest BCUT2D eigenvalue weighted by Gasteiger charge is 2.28. The number of rotatable bonds is 8. The summed E-state index contributed by atoms with van der Waals surface area (Å²) in [5, 5.41) is 18.2. The van der Waals surface area contributed by atoms with Gasteiger partial charge in [-0.2, -0.15) is 0 Å². The van der Waals surface area contributed by atoms with E-state index in [4.69, 9.17) is 14.6 Å². The van der Waals surface area contributed by atoms with E-state index in [1.54, 1.807) is 7.11 Å². The van der Waals surface area contributed by atoms with Gasteiger partial charge in [-0.05, 0) is 31.6 Å². The molecule has 0 amide bonds. The van der Waals surface area contributed by atoms with Gasteiger partial charge < -0.3 is 19.7 Å². The number of aliphatic hydroxyl groups excluding tert-OH is 2. The summed E-state index contributed by atoms with van der Waals surface area (Å²) in [6.07, 6.45) is 6.11. The van der Waals surface area contributed by atoms with Crippen LogP contribution in [-0.4, -0.2) is 49.4 Å². The molecule has 1 aliphatic carbocycles. The summed E-state index contributed by atoms with van der Waals surface area (Å²) < 4.78 is 10.5. The second kappa shape index (κ2) is 8.86. The molecule has 1 rings (SSSR count). The Morgan fingerprint density at radius 2 is 2.00 bits per heavy atom. The first-order valence-electron chi connectivity index (χ1n) is 6.67. The molecule has 4 nitrogen and oxygen atoms in total. The molecular weight excluding hydrogens is 220 g/mol. The van der Waals surface area contributed by atoms with Crippen LogP contribution in [0.5, 0.6) is 0 Å². The fourth-order valence-electron chi connectivity index (χ4n) is 2.52. The molecule has 0 aromatic heterocycles. The first-order valence-corrected chi connectivity index (χ1v) is 6.67. The first-order chi connectivity index (χ1) is 8.27. The largest absolute Gasteiger partial charge is 0.394 e. The molecule has 0 aromatic rings. The smallest absolute Gasteiger partial charge is 0.0832 e. The lowest BCUT2D eigenvalue weighted by Gasteiger charge is -2.32. The van der Waals surface area contributed by atoms with Crippen LogP contribution in [0.2, 0.25) is 0 Å². The van der Waals surface area contributed by atoms with Crippen LogP contribution in [0, 0.1) is 5.92 Å². The van der Waals surface area contributed by atoms with E-state index >= 15 is 0 Å². The normalized spacial score (nSPS) is 29.5. The maximum atomic E-state index is 9.69. The predicted octanol–water partition coefficient (Wildman–Crippen LogP) is 1.34. The van der Waals surface area contributed by atoms with Crippen molar-refractivity contribution in [1.82, 2.24) is 0 Å². The summed E-state index contributed by atoms with van der Waals surface area (Å²) in [4.78, 5) is 0. The van der Waals surface area contributed by atoms with E-state index in [0.717, 1.165) is 38.7 Å². The van der Waals surface area contributed by atoms with Crippen LogP contribution in [0.25, 0.3) is 0 Å². The third kappa shape index (κ3) is 5.82. The summed E-state index contributed by atoms with van der Waals surface area (Å²) in [6, 6.07) is 0. The van der Waals surface area contributed by atoms with E-state index in [9.17, 15) is 5.11 Å². The number of aliphatic hydroxyl groups is 2. The van der Waals surface area contributed by atoms with Gasteiger partial charge in [-0.25, -0.2) is 0 Å². The summed E-state index contributed by atoms with van der Waals surface area (Å²) in [6.45, 7) is 1.29. The molecular formula is C13H26O4. The summed E-state index contributed by atoms with van der Waals surface area (Å²) in [5.74, 6) is 0.682. The number of unbranched alkanes of at least 4 members (excludes halogenated alkanes) is 1. The Morgan fingerprint density at radius 3 is 2.71 bits per heavy atom. The van der Waals surface area contributed by atoms with Gasteiger partial charge in [0, 0.05) is 13.7 Å². The highest BCUT2D eigenvalue weighted by molar-refractivity contribution is 4.80. The monoisotopic (exact) mass is 246 g/mol. The molecule has 4 heteroatoms. The van der Waals surface area contributed by atoms with Crippen LogP contribution in [0.1, 0.15) is 38.5 Å². The SMILES string of the molecule is COC1CC(CCCCOCCO)CCC1O. The molecule has 1 saturated carbocycles. The van der Waals surface area contributed by atoms with Crippen molar-refractivity contribution in [2.24, 2.45) is 5.92 Å². The number of ether oxygens (including phenoxy) is 2. The Labute approximate surface area is 104 Å². The van der Waals surface area contributed by atoms with Crippen LogP contribution < -0.4 is 0 Å². The summed E-state index contributed by atoms with van der Waals surface area (Å²) in [5.41, 5.74) is 0. The van der Waals surface area contributed by atoms with E-state index in [1.165, 1.54) is 6.42 Å². The van der Waals surface area contributed by atoms with Gasteiger partial charge in [0.05, 0.1) is 25.4 Å². The Hall–Kier alpha value is -0.160. The molecule has 0 aliphatic heterocycles. The van der Waals surface area contributed by atoms with Gasteiger partial charge in [0.15, 0.2) is 0 Å². The molecule has 0 bridgehead atoms. The fourth-order valence-corrected chi connectivity index (χ4v) is 2.52. The molecule has 17 heavy (non-hydrogen) atoms. The lowest BCUT2D eigenvalue weighted by molar-refractivity contribution is -0.0517. The summed E-state index contributed by atoms with van der Waals surface area (Å²) >= 11 is 0. The maximum Gasteiger partial charge on any atom is 0.0832 e. The van der Waals surface area contributed by atoms with Crippen molar-refractivity contribution in [3.8, 4) is 0 Å². The maximum absolute atomic E-state index is 9.69. The third-order valence-electron chi connectivity index (χ3n) is 3.55. The molecule has 1 aliphatic rings. The van der Waals surface area contributed by atoms with E-state index in [0.29, 0.717) is 12.5 Å². The quantitative estimate of drug-likeness (QED) is 0.635.